The van der Waals surface area contributed by atoms with Crippen molar-refractivity contribution in [1.29, 1.82) is 0 Å². The van der Waals surface area contributed by atoms with Crippen LogP contribution < -0.4 is 9.64 Å². The van der Waals surface area contributed by atoms with E-state index in [1.54, 1.807) is 23.4 Å². The fourth-order valence-corrected chi connectivity index (χ4v) is 4.01. The van der Waals surface area contributed by atoms with E-state index >= 15 is 0 Å². The Balaban J connectivity index is 1.29. The average Bonchev–Trinajstić information content (AvgIpc) is 3.43. The van der Waals surface area contributed by atoms with E-state index in [-0.39, 0.29) is 12.1 Å². The van der Waals surface area contributed by atoms with Gasteiger partial charge in [0.1, 0.15) is 17.8 Å². The second-order valence-corrected chi connectivity index (χ2v) is 8.21. The van der Waals surface area contributed by atoms with Gasteiger partial charge in [-0.3, -0.25) is 0 Å². The molecule has 161 valence electrons. The number of nitrogens with zero attached hydrogens (tertiary/aromatic N) is 7. The van der Waals surface area contributed by atoms with E-state index in [2.05, 4.69) is 37.4 Å². The number of anilines is 1. The standard InChI is InChI=1S/C23H22N7O2/c1-15-7-8-18(30-25-11-12-26-30)20(14-15)29-13-9-19(29)23-27-21(28-32-23)17-6-3-10-24-22(17)31-16-4-2-5-16/h3,6-7,10-12,14,16,19H,2,4-5,9,13H2,1H3/t19-/m0/s1. The molecule has 1 saturated heterocycles. The number of aromatic nitrogens is 6. The highest BCUT2D eigenvalue weighted by Crippen LogP contribution is 2.40. The van der Waals surface area contributed by atoms with E-state index in [1.807, 2.05) is 25.1 Å². The van der Waals surface area contributed by atoms with Crippen LogP contribution in [-0.4, -0.2) is 42.8 Å². The highest BCUT2D eigenvalue weighted by molar-refractivity contribution is 5.65. The molecule has 32 heavy (non-hydrogen) atoms. The number of hydrogen-bond donors (Lipinski definition) is 0. The molecule has 0 amide bonds. The van der Waals surface area contributed by atoms with E-state index in [4.69, 9.17) is 14.2 Å². The van der Waals surface area contributed by atoms with E-state index in [0.29, 0.717) is 17.6 Å². The molecule has 4 heterocycles. The highest BCUT2D eigenvalue weighted by atomic mass is 16.5. The van der Waals surface area contributed by atoms with Crippen molar-refractivity contribution in [3.05, 3.63) is 60.4 Å². The average molecular weight is 428 g/mol. The van der Waals surface area contributed by atoms with Gasteiger partial charge in [0.25, 0.3) is 0 Å². The molecule has 3 aromatic heterocycles. The second-order valence-electron chi connectivity index (χ2n) is 8.21. The first-order valence-corrected chi connectivity index (χ1v) is 10.9. The summed E-state index contributed by atoms with van der Waals surface area (Å²) in [6.45, 7) is 2.92. The quantitative estimate of drug-likeness (QED) is 0.459. The Morgan fingerprint density at radius 1 is 1.16 bits per heavy atom. The molecule has 0 bridgehead atoms. The Labute approximate surface area is 185 Å². The SMILES string of the molecule is Cc1c[c]c(-n2nccn2)c(N2CC[C@H]2c2nc(-c3cccnc3OC3CCC3)no2)c1. The first-order valence-electron chi connectivity index (χ1n) is 10.9. The molecular formula is C23H22N7O2. The Morgan fingerprint density at radius 3 is 2.78 bits per heavy atom. The third kappa shape index (κ3) is 3.30. The van der Waals surface area contributed by atoms with Gasteiger partial charge in [-0.25, -0.2) is 4.98 Å². The van der Waals surface area contributed by atoms with Crippen LogP contribution in [0.5, 0.6) is 5.88 Å². The monoisotopic (exact) mass is 428 g/mol. The van der Waals surface area contributed by atoms with Crippen LogP contribution in [0.1, 0.15) is 43.2 Å². The van der Waals surface area contributed by atoms with Gasteiger partial charge in [-0.1, -0.05) is 5.16 Å². The lowest BCUT2D eigenvalue weighted by Crippen LogP contribution is -2.41. The molecule has 4 aromatic rings. The molecule has 0 N–H and O–H groups in total. The van der Waals surface area contributed by atoms with Gasteiger partial charge in [-0.2, -0.15) is 15.2 Å². The van der Waals surface area contributed by atoms with Gasteiger partial charge in [0.2, 0.25) is 17.6 Å². The minimum absolute atomic E-state index is 0.0200. The molecular weight excluding hydrogens is 406 g/mol. The van der Waals surface area contributed by atoms with Crippen molar-refractivity contribution < 1.29 is 9.26 Å². The minimum Gasteiger partial charge on any atom is -0.474 e. The van der Waals surface area contributed by atoms with Crippen molar-refractivity contribution in [2.75, 3.05) is 11.4 Å². The number of ether oxygens (including phenoxy) is 1. The summed E-state index contributed by atoms with van der Waals surface area (Å²) in [5, 5.41) is 12.8. The smallest absolute Gasteiger partial charge is 0.249 e. The van der Waals surface area contributed by atoms with E-state index in [9.17, 15) is 0 Å². The number of benzene rings is 1. The maximum atomic E-state index is 6.04. The van der Waals surface area contributed by atoms with Crippen LogP contribution in [0.2, 0.25) is 0 Å². The maximum Gasteiger partial charge on any atom is 0.249 e. The normalized spacial score (nSPS) is 18.3. The Bertz CT molecular complexity index is 1230. The predicted octanol–water partition coefficient (Wildman–Crippen LogP) is 3.70. The van der Waals surface area contributed by atoms with Crippen LogP contribution in [-0.2, 0) is 0 Å². The van der Waals surface area contributed by atoms with Crippen LogP contribution in [0.25, 0.3) is 17.1 Å². The molecule has 1 atom stereocenters. The van der Waals surface area contributed by atoms with Crippen LogP contribution in [0, 0.1) is 13.0 Å². The van der Waals surface area contributed by atoms with Gasteiger partial charge in [-0.15, -0.1) is 4.80 Å². The highest BCUT2D eigenvalue weighted by Gasteiger charge is 2.36. The van der Waals surface area contributed by atoms with Gasteiger partial charge in [0, 0.05) is 18.8 Å². The summed E-state index contributed by atoms with van der Waals surface area (Å²) in [7, 11) is 0. The van der Waals surface area contributed by atoms with Crippen molar-refractivity contribution >= 4 is 5.69 Å². The molecule has 2 aliphatic rings. The number of aryl methyl sites for hydroxylation is 1. The zero-order chi connectivity index (χ0) is 21.5. The molecule has 2 fully saturated rings. The molecule has 6 rings (SSSR count). The fraction of sp³-hybridized carbons (Fsp3) is 0.348. The van der Waals surface area contributed by atoms with E-state index in [1.165, 1.54) is 6.42 Å². The summed E-state index contributed by atoms with van der Waals surface area (Å²) in [4.78, 5) is 12.9. The lowest BCUT2D eigenvalue weighted by molar-refractivity contribution is 0.115. The van der Waals surface area contributed by atoms with Gasteiger partial charge < -0.3 is 14.2 Å². The molecule has 1 aromatic carbocycles. The van der Waals surface area contributed by atoms with E-state index in [0.717, 1.165) is 48.3 Å². The molecule has 0 unspecified atom stereocenters. The van der Waals surface area contributed by atoms with Gasteiger partial charge in [0.15, 0.2) is 0 Å². The van der Waals surface area contributed by atoms with Crippen LogP contribution in [0.4, 0.5) is 5.69 Å². The third-order valence-corrected chi connectivity index (χ3v) is 6.06. The minimum atomic E-state index is -0.0200. The van der Waals surface area contributed by atoms with Crippen molar-refractivity contribution in [3.63, 3.8) is 0 Å². The molecule has 1 radical (unpaired) electrons. The summed E-state index contributed by atoms with van der Waals surface area (Å²) in [6, 6.07) is 11.1. The maximum absolute atomic E-state index is 6.04. The molecule has 1 aliphatic heterocycles. The molecule has 9 nitrogen and oxygen atoms in total. The summed E-state index contributed by atoms with van der Waals surface area (Å²) in [6.07, 6.45) is 9.51. The lowest BCUT2D eigenvalue weighted by atomic mass is 9.96. The van der Waals surface area contributed by atoms with Crippen molar-refractivity contribution in [1.82, 2.24) is 30.1 Å². The molecule has 0 spiro atoms. The topological polar surface area (TPSA) is 95.0 Å². The van der Waals surface area contributed by atoms with Crippen LogP contribution in [0.3, 0.4) is 0 Å². The van der Waals surface area contributed by atoms with Crippen molar-refractivity contribution in [2.24, 2.45) is 0 Å². The first kappa shape index (κ1) is 19.0. The third-order valence-electron chi connectivity index (χ3n) is 6.06. The van der Waals surface area contributed by atoms with Gasteiger partial charge in [0.05, 0.1) is 23.6 Å². The largest absolute Gasteiger partial charge is 0.474 e. The number of rotatable bonds is 6. The van der Waals surface area contributed by atoms with Crippen LogP contribution >= 0.6 is 0 Å². The Morgan fingerprint density at radius 2 is 2.03 bits per heavy atom. The number of hydrogen-bond acceptors (Lipinski definition) is 8. The van der Waals surface area contributed by atoms with Crippen molar-refractivity contribution in [3.8, 4) is 23.0 Å². The Kier molecular flexibility index (Phi) is 4.59. The summed E-state index contributed by atoms with van der Waals surface area (Å²) in [5.74, 6) is 1.64. The van der Waals surface area contributed by atoms with E-state index < -0.39 is 0 Å². The van der Waals surface area contributed by atoms with Crippen molar-refractivity contribution in [2.45, 2.75) is 44.8 Å². The second kappa shape index (κ2) is 7.74. The molecule has 9 heteroatoms. The summed E-state index contributed by atoms with van der Waals surface area (Å²) in [5.41, 5.74) is 3.66. The molecule has 1 saturated carbocycles. The van der Waals surface area contributed by atoms with Gasteiger partial charge >= 0.3 is 0 Å². The summed E-state index contributed by atoms with van der Waals surface area (Å²) < 4.78 is 11.7. The Hall–Kier alpha value is -3.75. The van der Waals surface area contributed by atoms with Gasteiger partial charge in [-0.05, 0) is 62.4 Å². The van der Waals surface area contributed by atoms with Crippen LogP contribution in [0.15, 0.2) is 47.4 Å². The lowest BCUT2D eigenvalue weighted by Gasteiger charge is -2.41. The number of pyridine rings is 1. The fourth-order valence-electron chi connectivity index (χ4n) is 4.01. The summed E-state index contributed by atoms with van der Waals surface area (Å²) >= 11 is 0. The zero-order valence-electron chi connectivity index (χ0n) is 17.7. The molecule has 1 aliphatic carbocycles. The first-order chi connectivity index (χ1) is 15.8. The zero-order valence-corrected chi connectivity index (χ0v) is 17.7. The predicted molar refractivity (Wildman–Crippen MR) is 115 cm³/mol.